The number of aromatic nitrogens is 4. The zero-order valence-corrected chi connectivity index (χ0v) is 21.7. The van der Waals surface area contributed by atoms with E-state index in [4.69, 9.17) is 16.3 Å². The maximum Gasteiger partial charge on any atom is 0.410 e. The second kappa shape index (κ2) is 10.9. The van der Waals surface area contributed by atoms with Gasteiger partial charge in [-0.3, -0.25) is 14.4 Å². The van der Waals surface area contributed by atoms with Crippen molar-refractivity contribution < 1.29 is 14.3 Å². The molecule has 11 heteroatoms. The molecule has 2 amide bonds. The number of likely N-dealkylation sites (N-methyl/N-ethyl adjacent to an activating group) is 1. The molecule has 2 heterocycles. The number of nitrogens with one attached hydrogen (secondary N) is 2. The predicted molar refractivity (Wildman–Crippen MR) is 136 cm³/mol. The Labute approximate surface area is 210 Å². The van der Waals surface area contributed by atoms with Crippen molar-refractivity contribution in [1.29, 1.82) is 0 Å². The van der Waals surface area contributed by atoms with Gasteiger partial charge in [0.25, 0.3) is 0 Å². The fraction of sp³-hybridized carbons (Fsp3) is 0.458. The van der Waals surface area contributed by atoms with Gasteiger partial charge in [-0.15, -0.1) is 0 Å². The molecule has 1 atom stereocenters. The maximum absolute atomic E-state index is 12.4. The average molecular weight is 502 g/mol. The van der Waals surface area contributed by atoms with Gasteiger partial charge in [-0.2, -0.15) is 5.10 Å². The molecule has 0 aliphatic carbocycles. The van der Waals surface area contributed by atoms with Crippen molar-refractivity contribution in [2.45, 2.75) is 52.2 Å². The van der Waals surface area contributed by atoms with Crippen LogP contribution >= 0.6 is 11.6 Å². The molecular formula is C24H32ClN7O3. The number of carbonyl (C=O) groups is 2. The first-order valence-corrected chi connectivity index (χ1v) is 11.8. The van der Waals surface area contributed by atoms with E-state index in [1.54, 1.807) is 47.1 Å². The third-order valence-electron chi connectivity index (χ3n) is 5.38. The number of halogens is 1. The summed E-state index contributed by atoms with van der Waals surface area (Å²) in [6.45, 7) is 7.42. The molecule has 3 rings (SSSR count). The number of amides is 2. The molecule has 0 saturated heterocycles. The highest BCUT2D eigenvalue weighted by atomic mass is 35.5. The third-order valence-corrected chi connectivity index (χ3v) is 5.71. The van der Waals surface area contributed by atoms with Crippen molar-refractivity contribution in [3.8, 4) is 0 Å². The molecule has 10 nitrogen and oxygen atoms in total. The van der Waals surface area contributed by atoms with Crippen LogP contribution in [0.5, 0.6) is 0 Å². The topological polar surface area (TPSA) is 114 Å². The lowest BCUT2D eigenvalue weighted by atomic mass is 10.2. The summed E-state index contributed by atoms with van der Waals surface area (Å²) in [6, 6.07) is 5.21. The molecule has 3 aromatic rings. The lowest BCUT2D eigenvalue weighted by Gasteiger charge is -2.28. The highest BCUT2D eigenvalue weighted by Crippen LogP contribution is 2.22. The fourth-order valence-corrected chi connectivity index (χ4v) is 3.51. The molecule has 35 heavy (non-hydrogen) atoms. The number of hydrogen-bond donors (Lipinski definition) is 2. The van der Waals surface area contributed by atoms with Gasteiger partial charge in [0, 0.05) is 43.5 Å². The average Bonchev–Trinajstić information content (AvgIpc) is 3.15. The summed E-state index contributed by atoms with van der Waals surface area (Å²) in [4.78, 5) is 34.5. The van der Waals surface area contributed by atoms with Crippen molar-refractivity contribution >= 4 is 46.1 Å². The summed E-state index contributed by atoms with van der Waals surface area (Å²) < 4.78 is 7.11. The Morgan fingerprint density at radius 3 is 2.69 bits per heavy atom. The summed E-state index contributed by atoms with van der Waals surface area (Å²) in [5.41, 5.74) is 2.03. The van der Waals surface area contributed by atoms with E-state index in [0.717, 1.165) is 22.2 Å². The number of carbonyl (C=O) groups excluding carboxylic acids is 2. The summed E-state index contributed by atoms with van der Waals surface area (Å²) in [5.74, 6) is 0.139. The van der Waals surface area contributed by atoms with Gasteiger partial charge in [-0.05, 0) is 58.7 Å². The van der Waals surface area contributed by atoms with Crippen LogP contribution in [0.25, 0.3) is 10.9 Å². The molecule has 2 aromatic heterocycles. The zero-order chi connectivity index (χ0) is 25.8. The maximum atomic E-state index is 12.4. The van der Waals surface area contributed by atoms with Crippen LogP contribution in [0.4, 0.5) is 16.4 Å². The smallest absolute Gasteiger partial charge is 0.410 e. The van der Waals surface area contributed by atoms with Crippen LogP contribution < -0.4 is 10.6 Å². The molecule has 2 N–H and O–H groups in total. The minimum absolute atomic E-state index is 0.258. The lowest BCUT2D eigenvalue weighted by Crippen LogP contribution is -2.47. The second-order valence-electron chi connectivity index (χ2n) is 9.34. The third kappa shape index (κ3) is 7.05. The normalized spacial score (nSPS) is 12.3. The molecule has 0 fully saturated rings. The van der Waals surface area contributed by atoms with Crippen LogP contribution in [0.3, 0.4) is 0 Å². The Hall–Kier alpha value is -3.40. The van der Waals surface area contributed by atoms with E-state index in [2.05, 4.69) is 25.7 Å². The number of ether oxygens (including phenoxy) is 1. The Morgan fingerprint density at radius 2 is 2.00 bits per heavy atom. The van der Waals surface area contributed by atoms with E-state index in [1.165, 1.54) is 4.90 Å². The van der Waals surface area contributed by atoms with Crippen LogP contribution in [-0.4, -0.2) is 61.9 Å². The predicted octanol–water partition coefficient (Wildman–Crippen LogP) is 4.06. The molecule has 0 saturated carbocycles. The molecule has 1 aromatic carbocycles. The van der Waals surface area contributed by atoms with Crippen LogP contribution in [0.1, 0.15) is 39.7 Å². The van der Waals surface area contributed by atoms with Gasteiger partial charge in [-0.25, -0.2) is 14.8 Å². The summed E-state index contributed by atoms with van der Waals surface area (Å²) in [6.07, 6.45) is 4.17. The van der Waals surface area contributed by atoms with Crippen molar-refractivity contribution in [3.63, 3.8) is 0 Å². The molecule has 0 aliphatic rings. The summed E-state index contributed by atoms with van der Waals surface area (Å²) >= 11 is 6.37. The monoisotopic (exact) mass is 501 g/mol. The van der Waals surface area contributed by atoms with E-state index >= 15 is 0 Å². The van der Waals surface area contributed by atoms with Crippen molar-refractivity contribution in [3.05, 3.63) is 41.3 Å². The van der Waals surface area contributed by atoms with Crippen LogP contribution in [0, 0.1) is 0 Å². The first-order chi connectivity index (χ1) is 16.4. The summed E-state index contributed by atoms with van der Waals surface area (Å²) in [7, 11) is 3.44. The van der Waals surface area contributed by atoms with Gasteiger partial charge < -0.3 is 15.4 Å². The SMILES string of the molecule is C[C@@H](C(=O)NCCCc1cnc(Nc2ccc3c(cnn3C)c2)nc1Cl)N(C)C(=O)OC(C)(C)C. The van der Waals surface area contributed by atoms with Crippen molar-refractivity contribution in [2.24, 2.45) is 7.05 Å². The first-order valence-electron chi connectivity index (χ1n) is 11.4. The van der Waals surface area contributed by atoms with E-state index in [-0.39, 0.29) is 5.91 Å². The van der Waals surface area contributed by atoms with E-state index in [0.29, 0.717) is 30.5 Å². The summed E-state index contributed by atoms with van der Waals surface area (Å²) in [5, 5.41) is 11.6. The molecule has 0 aliphatic heterocycles. The van der Waals surface area contributed by atoms with E-state index < -0.39 is 17.7 Å². The highest BCUT2D eigenvalue weighted by molar-refractivity contribution is 6.30. The molecule has 0 unspecified atom stereocenters. The highest BCUT2D eigenvalue weighted by Gasteiger charge is 2.26. The van der Waals surface area contributed by atoms with Gasteiger partial charge in [-0.1, -0.05) is 11.6 Å². The Balaban J connectivity index is 1.47. The lowest BCUT2D eigenvalue weighted by molar-refractivity contribution is -0.125. The number of nitrogens with zero attached hydrogens (tertiary/aromatic N) is 5. The number of rotatable bonds is 8. The van der Waals surface area contributed by atoms with Crippen molar-refractivity contribution in [2.75, 3.05) is 18.9 Å². The zero-order valence-electron chi connectivity index (χ0n) is 20.9. The van der Waals surface area contributed by atoms with Gasteiger partial charge in [0.2, 0.25) is 11.9 Å². The van der Waals surface area contributed by atoms with Crippen molar-refractivity contribution in [1.82, 2.24) is 30.0 Å². The molecule has 0 bridgehead atoms. The fourth-order valence-electron chi connectivity index (χ4n) is 3.29. The first kappa shape index (κ1) is 26.2. The van der Waals surface area contributed by atoms with Crippen LogP contribution in [0.2, 0.25) is 5.15 Å². The number of aryl methyl sites for hydroxylation is 2. The minimum atomic E-state index is -0.659. The number of fused-ring (bicyclic) bond motifs is 1. The molecular weight excluding hydrogens is 470 g/mol. The molecule has 0 spiro atoms. The van der Waals surface area contributed by atoms with Crippen LogP contribution in [-0.2, 0) is 23.0 Å². The quantitative estimate of drug-likeness (QED) is 0.353. The number of anilines is 2. The van der Waals surface area contributed by atoms with Gasteiger partial charge in [0.1, 0.15) is 16.8 Å². The second-order valence-corrected chi connectivity index (χ2v) is 9.70. The Kier molecular flexibility index (Phi) is 8.16. The Morgan fingerprint density at radius 1 is 1.26 bits per heavy atom. The van der Waals surface area contributed by atoms with E-state index in [1.807, 2.05) is 29.9 Å². The van der Waals surface area contributed by atoms with Crippen LogP contribution in [0.15, 0.2) is 30.6 Å². The van der Waals surface area contributed by atoms with Gasteiger partial charge in [0.15, 0.2) is 0 Å². The largest absolute Gasteiger partial charge is 0.444 e. The standard InChI is InChI=1S/C24H32ClN7O3/c1-15(31(5)23(34)35-24(2,3)4)21(33)26-11-7-8-16-13-27-22(30-20(16)25)29-18-9-10-19-17(12-18)14-28-32(19)6/h9-10,12-15H,7-8,11H2,1-6H3,(H,26,33)(H,27,29,30)/t15-/m0/s1. The van der Waals surface area contributed by atoms with Gasteiger partial charge in [0.05, 0.1) is 11.7 Å². The minimum Gasteiger partial charge on any atom is -0.444 e. The molecule has 0 radical (unpaired) electrons. The Bertz CT molecular complexity index is 1210. The van der Waals surface area contributed by atoms with Gasteiger partial charge >= 0.3 is 6.09 Å². The van der Waals surface area contributed by atoms with E-state index in [9.17, 15) is 9.59 Å². The number of hydrogen-bond acceptors (Lipinski definition) is 7. The number of benzene rings is 1. The molecule has 188 valence electrons.